The largest absolute Gasteiger partial charge is 0.396 e. The summed E-state index contributed by atoms with van der Waals surface area (Å²) >= 11 is 0. The summed E-state index contributed by atoms with van der Waals surface area (Å²) in [6, 6.07) is 0. The molecule has 4 nitrogen and oxygen atoms in total. The summed E-state index contributed by atoms with van der Waals surface area (Å²) in [7, 11) is 0. The van der Waals surface area contributed by atoms with Crippen LogP contribution < -0.4 is 0 Å². The Bertz CT molecular complexity index is 678. The molecule has 4 heteroatoms. The third kappa shape index (κ3) is 2.49. The summed E-state index contributed by atoms with van der Waals surface area (Å²) in [5, 5.41) is 20.7. The van der Waals surface area contributed by atoms with E-state index in [0.717, 1.165) is 36.7 Å². The molecule has 6 atom stereocenters. The maximum Gasteiger partial charge on any atom is 0.160 e. The van der Waals surface area contributed by atoms with Crippen LogP contribution in [0.25, 0.3) is 0 Å². The molecule has 0 aromatic carbocycles. The van der Waals surface area contributed by atoms with Gasteiger partial charge in [-0.3, -0.25) is 9.59 Å². The lowest BCUT2D eigenvalue weighted by atomic mass is 9.43. The van der Waals surface area contributed by atoms with Crippen LogP contribution in [-0.4, -0.2) is 35.0 Å². The molecule has 3 aliphatic carbocycles. The molecular formula is C22H32O4. The molecule has 0 aromatic heterocycles. The van der Waals surface area contributed by atoms with Crippen molar-refractivity contribution in [1.82, 2.24) is 0 Å². The highest BCUT2D eigenvalue weighted by atomic mass is 16.3. The lowest BCUT2D eigenvalue weighted by Crippen LogP contribution is -2.59. The fourth-order valence-corrected chi connectivity index (χ4v) is 6.88. The molecule has 0 aromatic rings. The monoisotopic (exact) mass is 360 g/mol. The minimum Gasteiger partial charge on any atom is -0.396 e. The number of hydrogen-bond donors (Lipinski definition) is 2. The van der Waals surface area contributed by atoms with Gasteiger partial charge in [-0.1, -0.05) is 26.8 Å². The van der Waals surface area contributed by atoms with Crippen molar-refractivity contribution in [3.05, 3.63) is 23.3 Å². The van der Waals surface area contributed by atoms with Crippen molar-refractivity contribution in [2.24, 2.45) is 28.1 Å². The number of ketones is 1. The average molecular weight is 360 g/mol. The van der Waals surface area contributed by atoms with Gasteiger partial charge in [0.2, 0.25) is 0 Å². The second-order valence-corrected chi connectivity index (χ2v) is 9.47. The van der Waals surface area contributed by atoms with Crippen LogP contribution in [0.2, 0.25) is 0 Å². The standard InChI is InChI=1S/C22H32O4/c1-14(6-5-11-23)19-15(25)12-17-20(2)10-8-18(26)22(4,13-24)16(20)7-9-21(17,19)3/h5-6,11,16-18,24,26H,7-10,12-13H2,1-4H3/b6-5+,19-14+/t16-,17+,18-,20+,21+,22-/m1/s1. The first kappa shape index (κ1) is 19.5. The fraction of sp³-hybridized carbons (Fsp3) is 0.727. The molecule has 3 fully saturated rings. The van der Waals surface area contributed by atoms with Gasteiger partial charge in [-0.25, -0.2) is 0 Å². The summed E-state index contributed by atoms with van der Waals surface area (Å²) in [6.07, 6.45) is 7.35. The summed E-state index contributed by atoms with van der Waals surface area (Å²) in [4.78, 5) is 23.7. The number of Topliss-reactive ketones (excluding diaryl/α,β-unsaturated/α-hetero) is 1. The maximum atomic E-state index is 13.0. The van der Waals surface area contributed by atoms with Crippen LogP contribution in [0, 0.1) is 28.1 Å². The molecule has 0 aliphatic heterocycles. The number of carbonyl (C=O) groups is 2. The Morgan fingerprint density at radius 3 is 2.50 bits per heavy atom. The number of aliphatic hydroxyl groups is 2. The topological polar surface area (TPSA) is 74.6 Å². The SMILES string of the molecule is CC(/C=C/C=O)=C1/C(=O)C[C@H]2[C@@]3(C)CC[C@@H](O)[C@](C)(CO)[C@@H]3CC[C@]12C. The van der Waals surface area contributed by atoms with Crippen molar-refractivity contribution in [2.45, 2.75) is 65.9 Å². The van der Waals surface area contributed by atoms with Crippen LogP contribution in [0.4, 0.5) is 0 Å². The minimum absolute atomic E-state index is 0.0183. The molecule has 3 saturated carbocycles. The van der Waals surface area contributed by atoms with E-state index in [9.17, 15) is 19.8 Å². The van der Waals surface area contributed by atoms with E-state index < -0.39 is 11.5 Å². The molecule has 0 unspecified atom stereocenters. The highest BCUT2D eigenvalue weighted by Crippen LogP contribution is 2.69. The Hall–Kier alpha value is -1.26. The number of fused-ring (bicyclic) bond motifs is 3. The zero-order valence-corrected chi connectivity index (χ0v) is 16.4. The Morgan fingerprint density at radius 1 is 1.19 bits per heavy atom. The molecule has 3 aliphatic rings. The molecule has 26 heavy (non-hydrogen) atoms. The van der Waals surface area contributed by atoms with Gasteiger partial charge in [-0.15, -0.1) is 0 Å². The molecule has 0 saturated heterocycles. The van der Waals surface area contributed by atoms with Gasteiger partial charge in [-0.05, 0) is 61.5 Å². The van der Waals surface area contributed by atoms with Crippen molar-refractivity contribution in [2.75, 3.05) is 6.61 Å². The number of rotatable bonds is 3. The smallest absolute Gasteiger partial charge is 0.160 e. The number of allylic oxidation sites excluding steroid dienone is 4. The zero-order chi connectivity index (χ0) is 19.3. The summed E-state index contributed by atoms with van der Waals surface area (Å²) in [5.41, 5.74) is 1.01. The normalized spacial score (nSPS) is 47.6. The first-order valence-electron chi connectivity index (χ1n) is 9.80. The highest BCUT2D eigenvalue weighted by molar-refractivity contribution is 6.01. The van der Waals surface area contributed by atoms with Crippen LogP contribution in [-0.2, 0) is 9.59 Å². The molecule has 0 spiro atoms. The van der Waals surface area contributed by atoms with Crippen molar-refractivity contribution < 1.29 is 19.8 Å². The number of aldehydes is 1. The van der Waals surface area contributed by atoms with Crippen molar-refractivity contribution in [3.8, 4) is 0 Å². The first-order chi connectivity index (χ1) is 12.1. The molecule has 144 valence electrons. The van der Waals surface area contributed by atoms with Gasteiger partial charge in [-0.2, -0.15) is 0 Å². The molecule has 0 heterocycles. The van der Waals surface area contributed by atoms with Gasteiger partial charge in [0.05, 0.1) is 12.7 Å². The Morgan fingerprint density at radius 2 is 1.88 bits per heavy atom. The quantitative estimate of drug-likeness (QED) is 0.599. The molecule has 3 rings (SSSR count). The highest BCUT2D eigenvalue weighted by Gasteiger charge is 2.65. The second kappa shape index (κ2) is 6.42. The van der Waals surface area contributed by atoms with Crippen molar-refractivity contribution >= 4 is 12.1 Å². The van der Waals surface area contributed by atoms with Gasteiger partial charge in [0.1, 0.15) is 6.29 Å². The van der Waals surface area contributed by atoms with Crippen LogP contribution >= 0.6 is 0 Å². The van der Waals surface area contributed by atoms with Crippen molar-refractivity contribution in [3.63, 3.8) is 0 Å². The van der Waals surface area contributed by atoms with Crippen LogP contribution in [0.15, 0.2) is 23.3 Å². The van der Waals surface area contributed by atoms with E-state index in [1.54, 1.807) is 6.08 Å². The fourth-order valence-electron chi connectivity index (χ4n) is 6.88. The van der Waals surface area contributed by atoms with Crippen LogP contribution in [0.5, 0.6) is 0 Å². The Labute approximate surface area is 156 Å². The molecule has 2 N–H and O–H groups in total. The molecule has 0 radical (unpaired) electrons. The summed E-state index contributed by atoms with van der Waals surface area (Å²) < 4.78 is 0. The van der Waals surface area contributed by atoms with E-state index in [1.165, 1.54) is 6.08 Å². The molecular weight excluding hydrogens is 328 g/mol. The van der Waals surface area contributed by atoms with Crippen LogP contribution in [0.3, 0.4) is 0 Å². The minimum atomic E-state index is -0.504. The van der Waals surface area contributed by atoms with Gasteiger partial charge in [0.15, 0.2) is 5.78 Å². The number of aliphatic hydroxyl groups excluding tert-OH is 2. The maximum absolute atomic E-state index is 13.0. The zero-order valence-electron chi connectivity index (χ0n) is 16.4. The number of carbonyl (C=O) groups excluding carboxylic acids is 2. The van der Waals surface area contributed by atoms with Crippen LogP contribution in [0.1, 0.15) is 59.8 Å². The van der Waals surface area contributed by atoms with Gasteiger partial charge < -0.3 is 10.2 Å². The van der Waals surface area contributed by atoms with E-state index in [2.05, 4.69) is 13.8 Å². The van der Waals surface area contributed by atoms with E-state index >= 15 is 0 Å². The summed E-state index contributed by atoms with van der Waals surface area (Å²) in [6.45, 7) is 8.40. The van der Waals surface area contributed by atoms with Gasteiger partial charge in [0, 0.05) is 22.8 Å². The lowest BCUT2D eigenvalue weighted by molar-refractivity contribution is -0.178. The van der Waals surface area contributed by atoms with Gasteiger partial charge in [0.25, 0.3) is 0 Å². The van der Waals surface area contributed by atoms with Gasteiger partial charge >= 0.3 is 0 Å². The Balaban J connectivity index is 2.07. The second-order valence-electron chi connectivity index (χ2n) is 9.47. The summed E-state index contributed by atoms with van der Waals surface area (Å²) in [5.74, 6) is 0.623. The Kier molecular flexibility index (Phi) is 4.81. The average Bonchev–Trinajstić information content (AvgIpc) is 2.88. The first-order valence-corrected chi connectivity index (χ1v) is 9.80. The third-order valence-electron chi connectivity index (χ3n) is 8.23. The molecule has 0 bridgehead atoms. The lowest BCUT2D eigenvalue weighted by Gasteiger charge is -2.62. The molecule has 0 amide bonds. The van der Waals surface area contributed by atoms with Crippen molar-refractivity contribution in [1.29, 1.82) is 0 Å². The van der Waals surface area contributed by atoms with E-state index in [1.807, 2.05) is 13.8 Å². The van der Waals surface area contributed by atoms with E-state index in [0.29, 0.717) is 12.8 Å². The predicted octanol–water partition coefficient (Wildman–Crippen LogP) is 3.22. The predicted molar refractivity (Wildman–Crippen MR) is 100 cm³/mol. The van der Waals surface area contributed by atoms with E-state index in [4.69, 9.17) is 0 Å². The van der Waals surface area contributed by atoms with E-state index in [-0.39, 0.29) is 35.1 Å². The third-order valence-corrected chi connectivity index (χ3v) is 8.23. The number of hydrogen-bond acceptors (Lipinski definition) is 4.